The zero-order chi connectivity index (χ0) is 15.3. The van der Waals surface area contributed by atoms with Crippen LogP contribution in [0, 0.1) is 5.41 Å². The Morgan fingerprint density at radius 2 is 1.13 bits per heavy atom. The lowest BCUT2D eigenvalue weighted by Gasteiger charge is -2.41. The molecule has 0 N–H and O–H groups in total. The average molecular weight is 298 g/mol. The van der Waals surface area contributed by atoms with E-state index in [1.54, 1.807) is 11.1 Å². The van der Waals surface area contributed by atoms with Crippen LogP contribution in [-0.2, 0) is 0 Å². The van der Waals surface area contributed by atoms with Crippen molar-refractivity contribution in [3.05, 3.63) is 82.9 Å². The normalized spacial score (nSPS) is 26.4. The Bertz CT molecular complexity index is 739. The average Bonchev–Trinajstić information content (AvgIpc) is 3.32. The van der Waals surface area contributed by atoms with Crippen molar-refractivity contribution >= 4 is 12.2 Å². The fourth-order valence-corrected chi connectivity index (χ4v) is 5.35. The molecule has 23 heavy (non-hydrogen) atoms. The van der Waals surface area contributed by atoms with Gasteiger partial charge in [-0.3, -0.25) is 0 Å². The first-order valence-corrected chi connectivity index (χ1v) is 8.93. The summed E-state index contributed by atoms with van der Waals surface area (Å²) >= 11 is 0. The highest BCUT2D eigenvalue weighted by Gasteiger charge is 2.48. The first kappa shape index (κ1) is 13.4. The molecule has 0 aromatic heterocycles. The molecule has 1 saturated carbocycles. The van der Waals surface area contributed by atoms with E-state index in [4.69, 9.17) is 0 Å². The van der Waals surface area contributed by atoms with Gasteiger partial charge in [-0.2, -0.15) is 0 Å². The van der Waals surface area contributed by atoms with Crippen LogP contribution in [0.5, 0.6) is 0 Å². The minimum absolute atomic E-state index is 0.367. The Kier molecular flexibility index (Phi) is 2.88. The molecule has 0 aliphatic heterocycles. The molecular weight excluding hydrogens is 276 g/mol. The first-order valence-electron chi connectivity index (χ1n) is 8.93. The second-order valence-corrected chi connectivity index (χ2v) is 7.37. The van der Waals surface area contributed by atoms with Crippen LogP contribution < -0.4 is 0 Å². The van der Waals surface area contributed by atoms with Gasteiger partial charge < -0.3 is 0 Å². The number of rotatable bonds is 2. The van der Waals surface area contributed by atoms with Crippen LogP contribution in [0.25, 0.3) is 12.2 Å². The zero-order valence-corrected chi connectivity index (χ0v) is 13.4. The van der Waals surface area contributed by atoms with Crippen molar-refractivity contribution in [2.75, 3.05) is 0 Å². The molecule has 0 saturated heterocycles. The number of hydrogen-bond acceptors (Lipinski definition) is 0. The molecule has 2 aromatic rings. The maximum Gasteiger partial charge on any atom is 0.00925 e. The quantitative estimate of drug-likeness (QED) is 0.622. The number of allylic oxidation sites excluding steroid dienone is 2. The topological polar surface area (TPSA) is 0 Å². The molecule has 1 fully saturated rings. The highest BCUT2D eigenvalue weighted by molar-refractivity contribution is 5.66. The van der Waals surface area contributed by atoms with E-state index < -0.39 is 0 Å². The first-order chi connectivity index (χ1) is 11.4. The van der Waals surface area contributed by atoms with Gasteiger partial charge in [-0.25, -0.2) is 0 Å². The highest BCUT2D eigenvalue weighted by atomic mass is 14.5. The van der Waals surface area contributed by atoms with Crippen molar-refractivity contribution in [1.82, 2.24) is 0 Å². The second kappa shape index (κ2) is 4.96. The van der Waals surface area contributed by atoms with Crippen molar-refractivity contribution in [2.24, 2.45) is 5.41 Å². The maximum absolute atomic E-state index is 2.49. The Morgan fingerprint density at radius 3 is 1.65 bits per heavy atom. The molecule has 2 aromatic carbocycles. The van der Waals surface area contributed by atoms with E-state index in [2.05, 4.69) is 72.8 Å². The summed E-state index contributed by atoms with van der Waals surface area (Å²) in [4.78, 5) is 0. The maximum atomic E-state index is 2.49. The van der Waals surface area contributed by atoms with Crippen LogP contribution >= 0.6 is 0 Å². The van der Waals surface area contributed by atoms with Gasteiger partial charge in [0, 0.05) is 11.8 Å². The summed E-state index contributed by atoms with van der Waals surface area (Å²) in [7, 11) is 0. The van der Waals surface area contributed by atoms with Crippen LogP contribution in [0.4, 0.5) is 0 Å². The SMILES string of the molecule is C1=CC(C2(C3C=Cc4ccccc43)CCCC2)c2ccccc21. The molecular formula is C23H22. The monoisotopic (exact) mass is 298 g/mol. The van der Waals surface area contributed by atoms with E-state index in [-0.39, 0.29) is 0 Å². The minimum Gasteiger partial charge on any atom is -0.0758 e. The Labute approximate surface area is 138 Å². The summed E-state index contributed by atoms with van der Waals surface area (Å²) in [6.07, 6.45) is 15.1. The van der Waals surface area contributed by atoms with Gasteiger partial charge in [0.25, 0.3) is 0 Å². The lowest BCUT2D eigenvalue weighted by atomic mass is 9.62. The van der Waals surface area contributed by atoms with Crippen molar-refractivity contribution in [2.45, 2.75) is 37.5 Å². The molecule has 114 valence electrons. The van der Waals surface area contributed by atoms with Gasteiger partial charge in [0.1, 0.15) is 0 Å². The van der Waals surface area contributed by atoms with Gasteiger partial charge in [-0.1, -0.05) is 85.7 Å². The van der Waals surface area contributed by atoms with E-state index in [0.717, 1.165) is 0 Å². The lowest BCUT2D eigenvalue weighted by molar-refractivity contribution is 0.233. The van der Waals surface area contributed by atoms with E-state index in [9.17, 15) is 0 Å². The third kappa shape index (κ3) is 1.84. The molecule has 5 rings (SSSR count). The molecule has 0 amide bonds. The largest absolute Gasteiger partial charge is 0.0758 e. The molecule has 0 spiro atoms. The highest BCUT2D eigenvalue weighted by Crippen LogP contribution is 2.61. The molecule has 3 aliphatic rings. The van der Waals surface area contributed by atoms with Crippen LogP contribution in [0.2, 0.25) is 0 Å². The van der Waals surface area contributed by atoms with Crippen molar-refractivity contribution in [1.29, 1.82) is 0 Å². The number of benzene rings is 2. The molecule has 0 heteroatoms. The molecule has 0 heterocycles. The predicted molar refractivity (Wildman–Crippen MR) is 97.3 cm³/mol. The molecule has 2 unspecified atom stereocenters. The van der Waals surface area contributed by atoms with Crippen LogP contribution in [-0.4, -0.2) is 0 Å². The lowest BCUT2D eigenvalue weighted by Crippen LogP contribution is -2.30. The summed E-state index contributed by atoms with van der Waals surface area (Å²) in [5.41, 5.74) is 6.32. The van der Waals surface area contributed by atoms with E-state index >= 15 is 0 Å². The van der Waals surface area contributed by atoms with Crippen molar-refractivity contribution < 1.29 is 0 Å². The summed E-state index contributed by atoms with van der Waals surface area (Å²) in [5.74, 6) is 1.14. The van der Waals surface area contributed by atoms with Gasteiger partial charge in [-0.05, 0) is 40.5 Å². The van der Waals surface area contributed by atoms with Crippen LogP contribution in [0.15, 0.2) is 60.7 Å². The number of fused-ring (bicyclic) bond motifs is 2. The van der Waals surface area contributed by atoms with Crippen LogP contribution in [0.1, 0.15) is 59.8 Å². The fourth-order valence-electron chi connectivity index (χ4n) is 5.35. The van der Waals surface area contributed by atoms with Crippen molar-refractivity contribution in [3.8, 4) is 0 Å². The third-order valence-electron chi connectivity index (χ3n) is 6.37. The Balaban J connectivity index is 1.64. The van der Waals surface area contributed by atoms with Gasteiger partial charge in [0.05, 0.1) is 0 Å². The number of hydrogen-bond donors (Lipinski definition) is 0. The third-order valence-corrected chi connectivity index (χ3v) is 6.37. The van der Waals surface area contributed by atoms with Gasteiger partial charge in [0.15, 0.2) is 0 Å². The fraction of sp³-hybridized carbons (Fsp3) is 0.304. The van der Waals surface area contributed by atoms with E-state index in [1.165, 1.54) is 36.8 Å². The molecule has 0 radical (unpaired) electrons. The summed E-state index contributed by atoms with van der Waals surface area (Å²) < 4.78 is 0. The smallest absolute Gasteiger partial charge is 0.00925 e. The zero-order valence-electron chi connectivity index (χ0n) is 13.4. The molecule has 3 aliphatic carbocycles. The molecule has 0 bridgehead atoms. The Morgan fingerprint density at radius 1 is 0.652 bits per heavy atom. The minimum atomic E-state index is 0.367. The van der Waals surface area contributed by atoms with Gasteiger partial charge >= 0.3 is 0 Å². The summed E-state index contributed by atoms with van der Waals surface area (Å²) in [5, 5.41) is 0. The van der Waals surface area contributed by atoms with Crippen molar-refractivity contribution in [3.63, 3.8) is 0 Å². The van der Waals surface area contributed by atoms with E-state index in [1.807, 2.05) is 0 Å². The van der Waals surface area contributed by atoms with Gasteiger partial charge in [0.2, 0.25) is 0 Å². The molecule has 0 nitrogen and oxygen atoms in total. The predicted octanol–water partition coefficient (Wildman–Crippen LogP) is 6.17. The summed E-state index contributed by atoms with van der Waals surface area (Å²) in [6.45, 7) is 0. The second-order valence-electron chi connectivity index (χ2n) is 7.37. The van der Waals surface area contributed by atoms with Crippen LogP contribution in [0.3, 0.4) is 0 Å². The van der Waals surface area contributed by atoms with E-state index in [0.29, 0.717) is 17.3 Å². The Hall–Kier alpha value is -2.08. The standard InChI is InChI=1S/C23H22/c1-3-9-19-17(7-1)11-13-21(19)23(15-5-6-16-23)22-14-12-18-8-2-4-10-20(18)22/h1-4,7-14,21-22H,5-6,15-16H2. The molecule has 2 atom stereocenters. The van der Waals surface area contributed by atoms with Gasteiger partial charge in [-0.15, -0.1) is 0 Å². The summed E-state index contributed by atoms with van der Waals surface area (Å²) in [6, 6.07) is 18.0.